The Morgan fingerprint density at radius 3 is 2.07 bits per heavy atom. The van der Waals surface area contributed by atoms with Gasteiger partial charge in [-0.3, -0.25) is 9.10 Å². The smallest absolute Gasteiger partial charge is 0.264 e. The molecule has 0 aliphatic rings. The second-order valence-electron chi connectivity index (χ2n) is 6.29. The monoisotopic (exact) mass is 448 g/mol. The molecular formula is C21H18Cl2N2O3S. The van der Waals surface area contributed by atoms with Gasteiger partial charge in [0, 0.05) is 24.8 Å². The molecule has 0 aliphatic carbocycles. The molecule has 0 unspecified atom stereocenters. The third-order valence-corrected chi connectivity index (χ3v) is 6.85. The molecule has 3 aromatic carbocycles. The van der Waals surface area contributed by atoms with E-state index in [1.165, 1.54) is 48.3 Å². The second-order valence-corrected chi connectivity index (χ2v) is 9.10. The molecule has 29 heavy (non-hydrogen) atoms. The zero-order valence-corrected chi connectivity index (χ0v) is 18.0. The van der Waals surface area contributed by atoms with Crippen LogP contribution in [-0.4, -0.2) is 28.4 Å². The van der Waals surface area contributed by atoms with E-state index >= 15 is 0 Å². The Kier molecular flexibility index (Phi) is 6.17. The Hall–Kier alpha value is -2.54. The van der Waals surface area contributed by atoms with E-state index < -0.39 is 10.0 Å². The predicted octanol–water partition coefficient (Wildman–Crippen LogP) is 5.10. The topological polar surface area (TPSA) is 57.7 Å². The molecule has 0 fully saturated rings. The van der Waals surface area contributed by atoms with Crippen LogP contribution in [0.3, 0.4) is 0 Å². The number of anilines is 2. The fourth-order valence-electron chi connectivity index (χ4n) is 2.73. The molecule has 0 aliphatic heterocycles. The van der Waals surface area contributed by atoms with Crippen LogP contribution in [0, 0.1) is 0 Å². The summed E-state index contributed by atoms with van der Waals surface area (Å²) < 4.78 is 26.9. The summed E-state index contributed by atoms with van der Waals surface area (Å²) in [6.45, 7) is 0. The van der Waals surface area contributed by atoms with Gasteiger partial charge in [0.15, 0.2) is 0 Å². The molecule has 0 aromatic heterocycles. The number of halogens is 2. The molecule has 0 atom stereocenters. The summed E-state index contributed by atoms with van der Waals surface area (Å²) in [6, 6.07) is 19.5. The molecular weight excluding hydrogens is 431 g/mol. The Bertz CT molecular complexity index is 1130. The molecule has 0 saturated heterocycles. The summed E-state index contributed by atoms with van der Waals surface area (Å²) in [7, 11) is -0.777. The molecule has 3 aromatic rings. The Morgan fingerprint density at radius 1 is 0.828 bits per heavy atom. The zero-order chi connectivity index (χ0) is 21.2. The number of sulfonamides is 1. The minimum Gasteiger partial charge on any atom is -0.311 e. The van der Waals surface area contributed by atoms with Gasteiger partial charge in [-0.2, -0.15) is 0 Å². The first-order valence-corrected chi connectivity index (χ1v) is 10.8. The number of rotatable bonds is 5. The average Bonchev–Trinajstić information content (AvgIpc) is 2.73. The molecule has 8 heteroatoms. The summed E-state index contributed by atoms with van der Waals surface area (Å²) in [5, 5.41) is 0.675. The van der Waals surface area contributed by atoms with Gasteiger partial charge in [-0.15, -0.1) is 0 Å². The normalized spacial score (nSPS) is 11.2. The fraction of sp³-hybridized carbons (Fsp3) is 0.0952. The summed E-state index contributed by atoms with van der Waals surface area (Å²) in [5.41, 5.74) is 1.21. The lowest BCUT2D eigenvalue weighted by Gasteiger charge is -2.22. The minimum atomic E-state index is -3.83. The van der Waals surface area contributed by atoms with Crippen molar-refractivity contribution in [2.45, 2.75) is 4.90 Å². The van der Waals surface area contributed by atoms with Crippen LogP contribution in [0.25, 0.3) is 0 Å². The lowest BCUT2D eigenvalue weighted by Crippen LogP contribution is -2.28. The van der Waals surface area contributed by atoms with Crippen LogP contribution in [0.5, 0.6) is 0 Å². The van der Waals surface area contributed by atoms with Crippen LogP contribution in [0.15, 0.2) is 77.7 Å². The SMILES string of the molecule is CN(C(=O)c1cc(N(C)S(=O)(=O)c2ccc(Cl)cc2)ccc1Cl)c1ccccc1. The Balaban J connectivity index is 1.96. The maximum Gasteiger partial charge on any atom is 0.264 e. The minimum absolute atomic E-state index is 0.0913. The number of amides is 1. The third-order valence-electron chi connectivity index (χ3n) is 4.46. The largest absolute Gasteiger partial charge is 0.311 e. The number of benzene rings is 3. The van der Waals surface area contributed by atoms with E-state index in [0.717, 1.165) is 4.31 Å². The number of carbonyl (C=O) groups excluding carboxylic acids is 1. The van der Waals surface area contributed by atoms with Gasteiger partial charge in [0.1, 0.15) is 0 Å². The van der Waals surface area contributed by atoms with Crippen LogP contribution in [0.4, 0.5) is 11.4 Å². The summed E-state index contributed by atoms with van der Waals surface area (Å²) >= 11 is 12.1. The van der Waals surface area contributed by atoms with Crippen molar-refractivity contribution in [3.63, 3.8) is 0 Å². The molecule has 0 radical (unpaired) electrons. The van der Waals surface area contributed by atoms with E-state index in [-0.39, 0.29) is 21.4 Å². The van der Waals surface area contributed by atoms with E-state index in [2.05, 4.69) is 0 Å². The summed E-state index contributed by atoms with van der Waals surface area (Å²) in [4.78, 5) is 14.5. The van der Waals surface area contributed by atoms with Crippen molar-refractivity contribution in [2.75, 3.05) is 23.3 Å². The highest BCUT2D eigenvalue weighted by atomic mass is 35.5. The van der Waals surface area contributed by atoms with Gasteiger partial charge < -0.3 is 4.90 Å². The highest BCUT2D eigenvalue weighted by molar-refractivity contribution is 7.92. The van der Waals surface area contributed by atoms with Gasteiger partial charge in [-0.25, -0.2) is 8.42 Å². The molecule has 3 rings (SSSR count). The van der Waals surface area contributed by atoms with Crippen molar-refractivity contribution in [1.29, 1.82) is 0 Å². The van der Waals surface area contributed by atoms with E-state index in [1.807, 2.05) is 18.2 Å². The average molecular weight is 449 g/mol. The molecule has 1 amide bonds. The quantitative estimate of drug-likeness (QED) is 0.545. The highest BCUT2D eigenvalue weighted by Crippen LogP contribution is 2.29. The predicted molar refractivity (Wildman–Crippen MR) is 118 cm³/mol. The number of hydrogen-bond acceptors (Lipinski definition) is 3. The molecule has 0 N–H and O–H groups in total. The van der Waals surface area contributed by atoms with Crippen LogP contribution in [-0.2, 0) is 10.0 Å². The van der Waals surface area contributed by atoms with Gasteiger partial charge in [0.25, 0.3) is 15.9 Å². The van der Waals surface area contributed by atoms with Crippen LogP contribution >= 0.6 is 23.2 Å². The fourth-order valence-corrected chi connectivity index (χ4v) is 4.24. The van der Waals surface area contributed by atoms with Crippen LogP contribution in [0.1, 0.15) is 10.4 Å². The molecule has 150 valence electrons. The summed E-state index contributed by atoms with van der Waals surface area (Å²) in [5.74, 6) is -0.347. The Morgan fingerprint density at radius 2 is 1.45 bits per heavy atom. The number of nitrogens with zero attached hydrogens (tertiary/aromatic N) is 2. The maximum atomic E-state index is 13.0. The zero-order valence-electron chi connectivity index (χ0n) is 15.7. The molecule has 5 nitrogen and oxygen atoms in total. The first-order chi connectivity index (χ1) is 13.7. The molecule has 0 heterocycles. The van der Waals surface area contributed by atoms with E-state index in [0.29, 0.717) is 16.4 Å². The molecule has 0 spiro atoms. The Labute approximate surface area is 180 Å². The number of carbonyl (C=O) groups is 1. The van der Waals surface area contributed by atoms with Crippen molar-refractivity contribution >= 4 is 50.5 Å². The van der Waals surface area contributed by atoms with Gasteiger partial charge in [-0.05, 0) is 54.6 Å². The lowest BCUT2D eigenvalue weighted by molar-refractivity contribution is 0.0993. The first-order valence-electron chi connectivity index (χ1n) is 8.59. The lowest BCUT2D eigenvalue weighted by atomic mass is 10.1. The van der Waals surface area contributed by atoms with E-state index in [9.17, 15) is 13.2 Å². The van der Waals surface area contributed by atoms with E-state index in [1.54, 1.807) is 25.2 Å². The van der Waals surface area contributed by atoms with Crippen molar-refractivity contribution in [1.82, 2.24) is 0 Å². The second kappa shape index (κ2) is 8.45. The van der Waals surface area contributed by atoms with Crippen molar-refractivity contribution in [3.05, 3.63) is 88.4 Å². The van der Waals surface area contributed by atoms with Gasteiger partial charge in [0.05, 0.1) is 21.2 Å². The first kappa shape index (κ1) is 21.2. The highest BCUT2D eigenvalue weighted by Gasteiger charge is 2.24. The maximum absolute atomic E-state index is 13.0. The van der Waals surface area contributed by atoms with Crippen LogP contribution < -0.4 is 9.21 Å². The number of para-hydroxylation sites is 1. The number of hydrogen-bond donors (Lipinski definition) is 0. The molecule has 0 bridgehead atoms. The van der Waals surface area contributed by atoms with Crippen molar-refractivity contribution in [3.8, 4) is 0 Å². The van der Waals surface area contributed by atoms with Gasteiger partial charge >= 0.3 is 0 Å². The van der Waals surface area contributed by atoms with Crippen molar-refractivity contribution in [2.24, 2.45) is 0 Å². The van der Waals surface area contributed by atoms with E-state index in [4.69, 9.17) is 23.2 Å². The van der Waals surface area contributed by atoms with Crippen molar-refractivity contribution < 1.29 is 13.2 Å². The third kappa shape index (κ3) is 4.40. The summed E-state index contributed by atoms with van der Waals surface area (Å²) in [6.07, 6.45) is 0. The van der Waals surface area contributed by atoms with Gasteiger partial charge in [-0.1, -0.05) is 41.4 Å². The standard InChI is InChI=1S/C21H18Cl2N2O3S/c1-24(16-6-4-3-5-7-16)21(26)19-14-17(10-13-20(19)23)25(2)29(27,28)18-11-8-15(22)9-12-18/h3-14H,1-2H3. The molecule has 0 saturated carbocycles. The van der Waals surface area contributed by atoms with Crippen LogP contribution in [0.2, 0.25) is 10.0 Å². The van der Waals surface area contributed by atoms with Gasteiger partial charge in [0.2, 0.25) is 0 Å².